The highest BCUT2D eigenvalue weighted by Crippen LogP contribution is 2.35. The lowest BCUT2D eigenvalue weighted by molar-refractivity contribution is 0.0527. The van der Waals surface area contributed by atoms with Gasteiger partial charge in [0.15, 0.2) is 0 Å². The van der Waals surface area contributed by atoms with Crippen molar-refractivity contribution in [2.45, 2.75) is 13.8 Å². The molecule has 0 saturated carbocycles. The average Bonchev–Trinajstić information content (AvgIpc) is 2.74. The number of esters is 1. The molecule has 2 aromatic rings. The molecule has 0 saturated heterocycles. The van der Waals surface area contributed by atoms with E-state index in [-0.39, 0.29) is 12.5 Å². The Kier molecular flexibility index (Phi) is 4.59. The molecule has 1 aromatic carbocycles. The zero-order valence-corrected chi connectivity index (χ0v) is 12.6. The lowest BCUT2D eigenvalue weighted by Crippen LogP contribution is -2.12. The number of amides is 1. The minimum Gasteiger partial charge on any atom is -0.462 e. The molecular weight excluding hydrogens is 288 g/mol. The Morgan fingerprint density at radius 2 is 1.95 bits per heavy atom. The SMILES string of the molecule is CCOC(=O)c1c(N)sc(NC(=O)c2ccccc2)c1C. The number of ether oxygens (including phenoxy) is 1. The number of hydrogen-bond donors (Lipinski definition) is 2. The second kappa shape index (κ2) is 6.41. The Labute approximate surface area is 126 Å². The summed E-state index contributed by atoms with van der Waals surface area (Å²) in [4.78, 5) is 24.0. The van der Waals surface area contributed by atoms with Gasteiger partial charge in [-0.05, 0) is 26.0 Å². The average molecular weight is 304 g/mol. The van der Waals surface area contributed by atoms with Crippen LogP contribution in [-0.4, -0.2) is 18.5 Å². The summed E-state index contributed by atoms with van der Waals surface area (Å²) in [6.45, 7) is 3.74. The quantitative estimate of drug-likeness (QED) is 0.851. The number of carbonyl (C=O) groups is 2. The number of carbonyl (C=O) groups excluding carboxylic acids is 2. The van der Waals surface area contributed by atoms with Crippen LogP contribution in [0.15, 0.2) is 30.3 Å². The number of nitrogens with one attached hydrogen (secondary N) is 1. The lowest BCUT2D eigenvalue weighted by atomic mass is 10.2. The Morgan fingerprint density at radius 3 is 2.57 bits per heavy atom. The van der Waals surface area contributed by atoms with Crippen LogP contribution in [0, 0.1) is 6.92 Å². The highest BCUT2D eigenvalue weighted by Gasteiger charge is 2.21. The zero-order valence-electron chi connectivity index (χ0n) is 11.8. The van der Waals surface area contributed by atoms with E-state index in [0.29, 0.717) is 26.7 Å². The van der Waals surface area contributed by atoms with Crippen molar-refractivity contribution in [2.75, 3.05) is 17.7 Å². The van der Waals surface area contributed by atoms with Gasteiger partial charge in [-0.15, -0.1) is 0 Å². The van der Waals surface area contributed by atoms with E-state index in [1.807, 2.05) is 6.07 Å². The number of nitrogens with two attached hydrogens (primary N) is 1. The molecule has 0 atom stereocenters. The fourth-order valence-electron chi connectivity index (χ4n) is 1.88. The van der Waals surface area contributed by atoms with Crippen LogP contribution in [-0.2, 0) is 4.74 Å². The number of benzene rings is 1. The molecule has 6 heteroatoms. The molecule has 21 heavy (non-hydrogen) atoms. The maximum Gasteiger partial charge on any atom is 0.341 e. The molecule has 0 aliphatic carbocycles. The third-order valence-electron chi connectivity index (χ3n) is 2.92. The predicted molar refractivity (Wildman–Crippen MR) is 83.8 cm³/mol. The van der Waals surface area contributed by atoms with Crippen molar-refractivity contribution < 1.29 is 14.3 Å². The second-order valence-electron chi connectivity index (χ2n) is 4.34. The van der Waals surface area contributed by atoms with Gasteiger partial charge >= 0.3 is 5.97 Å². The van der Waals surface area contributed by atoms with E-state index < -0.39 is 5.97 Å². The van der Waals surface area contributed by atoms with Gasteiger partial charge in [0, 0.05) is 11.1 Å². The maximum atomic E-state index is 12.1. The molecule has 110 valence electrons. The van der Waals surface area contributed by atoms with Crippen LogP contribution < -0.4 is 11.1 Å². The summed E-state index contributed by atoms with van der Waals surface area (Å²) >= 11 is 1.16. The van der Waals surface area contributed by atoms with Crippen LogP contribution in [0.3, 0.4) is 0 Å². The molecule has 2 rings (SSSR count). The number of hydrogen-bond acceptors (Lipinski definition) is 5. The van der Waals surface area contributed by atoms with E-state index in [2.05, 4.69) is 5.32 Å². The Balaban J connectivity index is 2.24. The summed E-state index contributed by atoms with van der Waals surface area (Å²) in [5.41, 5.74) is 7.35. The van der Waals surface area contributed by atoms with E-state index in [4.69, 9.17) is 10.5 Å². The highest BCUT2D eigenvalue weighted by molar-refractivity contribution is 7.20. The molecule has 0 bridgehead atoms. The minimum atomic E-state index is -0.469. The molecule has 0 fully saturated rings. The Bertz CT molecular complexity index is 665. The molecule has 0 spiro atoms. The largest absolute Gasteiger partial charge is 0.462 e. The van der Waals surface area contributed by atoms with Crippen molar-refractivity contribution in [3.63, 3.8) is 0 Å². The molecule has 0 unspecified atom stereocenters. The van der Waals surface area contributed by atoms with Crippen molar-refractivity contribution in [3.05, 3.63) is 47.0 Å². The third-order valence-corrected chi connectivity index (χ3v) is 3.95. The third kappa shape index (κ3) is 3.22. The molecule has 5 nitrogen and oxygen atoms in total. The summed E-state index contributed by atoms with van der Waals surface area (Å²) in [6.07, 6.45) is 0. The first-order valence-electron chi connectivity index (χ1n) is 6.47. The van der Waals surface area contributed by atoms with E-state index in [9.17, 15) is 9.59 Å². The molecule has 0 radical (unpaired) electrons. The molecule has 3 N–H and O–H groups in total. The van der Waals surface area contributed by atoms with Crippen LogP contribution in [0.1, 0.15) is 33.2 Å². The van der Waals surface area contributed by atoms with Crippen LogP contribution in [0.25, 0.3) is 0 Å². The summed E-state index contributed by atoms with van der Waals surface area (Å²) in [5, 5.41) is 3.68. The van der Waals surface area contributed by atoms with Gasteiger partial charge in [-0.3, -0.25) is 4.79 Å². The normalized spacial score (nSPS) is 10.2. The first-order chi connectivity index (χ1) is 10.0. The topological polar surface area (TPSA) is 81.4 Å². The number of nitrogen functional groups attached to an aromatic ring is 1. The van der Waals surface area contributed by atoms with Crippen LogP contribution in [0.2, 0.25) is 0 Å². The molecular formula is C15H16N2O3S. The van der Waals surface area contributed by atoms with Crippen molar-refractivity contribution in [2.24, 2.45) is 0 Å². The van der Waals surface area contributed by atoms with Gasteiger partial charge in [-0.1, -0.05) is 29.5 Å². The molecule has 1 heterocycles. The summed E-state index contributed by atoms with van der Waals surface area (Å²) in [5.74, 6) is -0.709. The van der Waals surface area contributed by atoms with Gasteiger partial charge in [0.25, 0.3) is 5.91 Å². The van der Waals surface area contributed by atoms with Crippen molar-refractivity contribution >= 4 is 33.2 Å². The number of anilines is 2. The summed E-state index contributed by atoms with van der Waals surface area (Å²) < 4.78 is 4.97. The van der Waals surface area contributed by atoms with Crippen molar-refractivity contribution in [1.82, 2.24) is 0 Å². The molecule has 1 amide bonds. The first-order valence-corrected chi connectivity index (χ1v) is 7.28. The van der Waals surface area contributed by atoms with E-state index in [1.165, 1.54) is 0 Å². The van der Waals surface area contributed by atoms with Crippen molar-refractivity contribution in [3.8, 4) is 0 Å². The Morgan fingerprint density at radius 1 is 1.29 bits per heavy atom. The fraction of sp³-hybridized carbons (Fsp3) is 0.200. The van der Waals surface area contributed by atoms with Gasteiger partial charge in [-0.25, -0.2) is 4.79 Å². The zero-order chi connectivity index (χ0) is 15.4. The number of rotatable bonds is 4. The standard InChI is InChI=1S/C15H16N2O3S/c1-3-20-15(19)11-9(2)14(21-12(11)16)17-13(18)10-7-5-4-6-8-10/h4-8H,3,16H2,1-2H3,(H,17,18). The van der Waals surface area contributed by atoms with Gasteiger partial charge in [0.1, 0.15) is 10.0 Å². The predicted octanol–water partition coefficient (Wildman–Crippen LogP) is 3.07. The van der Waals surface area contributed by atoms with E-state index in [0.717, 1.165) is 11.3 Å². The first kappa shape index (κ1) is 15.1. The van der Waals surface area contributed by atoms with Crippen molar-refractivity contribution in [1.29, 1.82) is 0 Å². The number of thiophene rings is 1. The van der Waals surface area contributed by atoms with Crippen LogP contribution in [0.4, 0.5) is 10.0 Å². The molecule has 0 aliphatic rings. The van der Waals surface area contributed by atoms with E-state index >= 15 is 0 Å². The summed E-state index contributed by atoms with van der Waals surface area (Å²) in [7, 11) is 0. The van der Waals surface area contributed by atoms with Crippen LogP contribution in [0.5, 0.6) is 0 Å². The second-order valence-corrected chi connectivity index (χ2v) is 5.39. The monoisotopic (exact) mass is 304 g/mol. The smallest absolute Gasteiger partial charge is 0.341 e. The van der Waals surface area contributed by atoms with Gasteiger partial charge < -0.3 is 15.8 Å². The van der Waals surface area contributed by atoms with E-state index in [1.54, 1.807) is 38.1 Å². The van der Waals surface area contributed by atoms with Crippen LogP contribution >= 0.6 is 11.3 Å². The highest BCUT2D eigenvalue weighted by atomic mass is 32.1. The summed E-state index contributed by atoms with van der Waals surface area (Å²) in [6, 6.07) is 8.84. The van der Waals surface area contributed by atoms with Gasteiger partial charge in [0.2, 0.25) is 0 Å². The Hall–Kier alpha value is -2.34. The minimum absolute atomic E-state index is 0.240. The molecule has 0 aliphatic heterocycles. The maximum absolute atomic E-state index is 12.1. The van der Waals surface area contributed by atoms with Gasteiger partial charge in [-0.2, -0.15) is 0 Å². The fourth-order valence-corrected chi connectivity index (χ4v) is 2.83. The molecule has 1 aromatic heterocycles. The van der Waals surface area contributed by atoms with Gasteiger partial charge in [0.05, 0.1) is 12.2 Å². The lowest BCUT2D eigenvalue weighted by Gasteiger charge is -2.05.